The lowest BCUT2D eigenvalue weighted by atomic mass is 10.3. The Labute approximate surface area is 158 Å². The molecule has 0 radical (unpaired) electrons. The van der Waals surface area contributed by atoms with Crippen molar-refractivity contribution in [1.82, 2.24) is 10.6 Å². The van der Waals surface area contributed by atoms with E-state index in [4.69, 9.17) is 4.74 Å². The Morgan fingerprint density at radius 2 is 1.92 bits per heavy atom. The molecule has 1 saturated carbocycles. The lowest BCUT2D eigenvalue weighted by Crippen LogP contribution is -2.39. The second-order valence-electron chi connectivity index (χ2n) is 5.55. The van der Waals surface area contributed by atoms with E-state index in [9.17, 15) is 18.0 Å². The van der Waals surface area contributed by atoms with Gasteiger partial charge in [0.1, 0.15) is 6.10 Å². The Morgan fingerprint density at radius 3 is 2.50 bits per heavy atom. The molecule has 0 saturated heterocycles. The monoisotopic (exact) mass is 465 g/mol. The van der Waals surface area contributed by atoms with Crippen molar-refractivity contribution < 1.29 is 22.7 Å². The standard InChI is InChI=1S/C15H26F3N3O2.HI/c1-2-19-14(21-11-9-15(16,17)18)20-10-5-8-13(22)23-12-6-3-4-7-12;/h12H,2-11H2,1H3,(H2,19,20,21);1H. The Morgan fingerprint density at radius 1 is 1.25 bits per heavy atom. The molecular weight excluding hydrogens is 438 g/mol. The molecule has 0 spiro atoms. The van der Waals surface area contributed by atoms with Gasteiger partial charge in [0, 0.05) is 26.1 Å². The molecule has 1 aliphatic carbocycles. The summed E-state index contributed by atoms with van der Waals surface area (Å²) in [4.78, 5) is 15.8. The highest BCUT2D eigenvalue weighted by atomic mass is 127. The zero-order chi connectivity index (χ0) is 17.1. The van der Waals surface area contributed by atoms with Crippen molar-refractivity contribution in [3.05, 3.63) is 0 Å². The molecule has 0 unspecified atom stereocenters. The molecule has 9 heteroatoms. The summed E-state index contributed by atoms with van der Waals surface area (Å²) >= 11 is 0. The lowest BCUT2D eigenvalue weighted by Gasteiger charge is -2.13. The first-order valence-corrected chi connectivity index (χ1v) is 8.19. The van der Waals surface area contributed by atoms with Crippen LogP contribution in [-0.4, -0.2) is 43.8 Å². The summed E-state index contributed by atoms with van der Waals surface area (Å²) in [6, 6.07) is 0. The summed E-state index contributed by atoms with van der Waals surface area (Å²) in [6.07, 6.45) is -0.138. The second kappa shape index (κ2) is 12.6. The minimum absolute atomic E-state index is 0. The Hall–Kier alpha value is -0.740. The number of hydrogen-bond donors (Lipinski definition) is 2. The van der Waals surface area contributed by atoms with Gasteiger partial charge in [-0.25, -0.2) is 0 Å². The zero-order valence-corrected chi connectivity index (χ0v) is 16.3. The van der Waals surface area contributed by atoms with Gasteiger partial charge in [-0.2, -0.15) is 13.2 Å². The average molecular weight is 465 g/mol. The molecule has 0 aromatic heterocycles. The third-order valence-electron chi connectivity index (χ3n) is 3.45. The number of alkyl halides is 3. The van der Waals surface area contributed by atoms with E-state index in [1.54, 1.807) is 0 Å². The van der Waals surface area contributed by atoms with Crippen molar-refractivity contribution in [2.75, 3.05) is 19.6 Å². The highest BCUT2D eigenvalue weighted by molar-refractivity contribution is 14.0. The lowest BCUT2D eigenvalue weighted by molar-refractivity contribution is -0.148. The topological polar surface area (TPSA) is 62.7 Å². The van der Waals surface area contributed by atoms with E-state index in [0.717, 1.165) is 25.7 Å². The molecule has 1 fully saturated rings. The summed E-state index contributed by atoms with van der Waals surface area (Å²) < 4.78 is 41.6. The van der Waals surface area contributed by atoms with Crippen LogP contribution >= 0.6 is 24.0 Å². The van der Waals surface area contributed by atoms with Crippen LogP contribution in [0.4, 0.5) is 13.2 Å². The number of nitrogens with one attached hydrogen (secondary N) is 2. The van der Waals surface area contributed by atoms with Gasteiger partial charge in [0.15, 0.2) is 5.96 Å². The van der Waals surface area contributed by atoms with Crippen molar-refractivity contribution in [2.45, 2.75) is 64.1 Å². The fourth-order valence-corrected chi connectivity index (χ4v) is 2.33. The number of guanidine groups is 1. The van der Waals surface area contributed by atoms with Crippen LogP contribution in [0.1, 0.15) is 51.9 Å². The zero-order valence-electron chi connectivity index (χ0n) is 14.0. The van der Waals surface area contributed by atoms with Gasteiger partial charge in [0.25, 0.3) is 0 Å². The first-order valence-electron chi connectivity index (χ1n) is 8.19. The van der Waals surface area contributed by atoms with Crippen molar-refractivity contribution in [2.24, 2.45) is 4.99 Å². The predicted molar refractivity (Wildman–Crippen MR) is 97.7 cm³/mol. The number of nitrogens with zero attached hydrogens (tertiary/aromatic N) is 1. The molecule has 0 amide bonds. The molecule has 0 atom stereocenters. The van der Waals surface area contributed by atoms with E-state index >= 15 is 0 Å². The molecule has 5 nitrogen and oxygen atoms in total. The number of hydrogen-bond acceptors (Lipinski definition) is 3. The third kappa shape index (κ3) is 11.7. The van der Waals surface area contributed by atoms with Gasteiger partial charge in [-0.15, -0.1) is 24.0 Å². The van der Waals surface area contributed by atoms with E-state index in [2.05, 4.69) is 15.6 Å². The van der Waals surface area contributed by atoms with Gasteiger partial charge in [0.2, 0.25) is 0 Å². The van der Waals surface area contributed by atoms with Gasteiger partial charge >= 0.3 is 12.1 Å². The highest BCUT2D eigenvalue weighted by Gasteiger charge is 2.26. The smallest absolute Gasteiger partial charge is 0.390 e. The van der Waals surface area contributed by atoms with Crippen LogP contribution in [0.25, 0.3) is 0 Å². The Balaban J connectivity index is 0.00000529. The minimum Gasteiger partial charge on any atom is -0.462 e. The van der Waals surface area contributed by atoms with Crippen LogP contribution in [0.2, 0.25) is 0 Å². The van der Waals surface area contributed by atoms with Gasteiger partial charge < -0.3 is 15.4 Å². The fourth-order valence-electron chi connectivity index (χ4n) is 2.33. The summed E-state index contributed by atoms with van der Waals surface area (Å²) in [5, 5.41) is 5.50. The second-order valence-corrected chi connectivity index (χ2v) is 5.55. The van der Waals surface area contributed by atoms with Crippen molar-refractivity contribution in [1.29, 1.82) is 0 Å². The van der Waals surface area contributed by atoms with Crippen LogP contribution < -0.4 is 10.6 Å². The van der Waals surface area contributed by atoms with Gasteiger partial charge in [-0.05, 0) is 39.0 Å². The molecule has 0 aromatic rings. The molecule has 2 N–H and O–H groups in total. The quantitative estimate of drug-likeness (QED) is 0.190. The summed E-state index contributed by atoms with van der Waals surface area (Å²) in [5.74, 6) is 0.114. The van der Waals surface area contributed by atoms with Crippen LogP contribution in [0.15, 0.2) is 4.99 Å². The van der Waals surface area contributed by atoms with E-state index in [1.165, 1.54) is 0 Å². The van der Waals surface area contributed by atoms with Gasteiger partial charge in [0.05, 0.1) is 6.42 Å². The van der Waals surface area contributed by atoms with E-state index < -0.39 is 12.6 Å². The molecular formula is C15H27F3IN3O2. The maximum atomic E-state index is 12.1. The van der Waals surface area contributed by atoms with Crippen LogP contribution in [0.3, 0.4) is 0 Å². The average Bonchev–Trinajstić information content (AvgIpc) is 2.95. The van der Waals surface area contributed by atoms with Crippen LogP contribution in [0, 0.1) is 0 Å². The maximum Gasteiger partial charge on any atom is 0.390 e. The number of rotatable bonds is 8. The predicted octanol–water partition coefficient (Wildman–Crippen LogP) is 3.38. The van der Waals surface area contributed by atoms with Crippen molar-refractivity contribution in [3.63, 3.8) is 0 Å². The van der Waals surface area contributed by atoms with E-state index in [-0.39, 0.29) is 49.0 Å². The highest BCUT2D eigenvalue weighted by Crippen LogP contribution is 2.21. The number of carbonyl (C=O) groups excluding carboxylic acids is 1. The fraction of sp³-hybridized carbons (Fsp3) is 0.867. The third-order valence-corrected chi connectivity index (χ3v) is 3.45. The van der Waals surface area contributed by atoms with Crippen LogP contribution in [-0.2, 0) is 9.53 Å². The number of carbonyl (C=O) groups is 1. The van der Waals surface area contributed by atoms with Crippen molar-refractivity contribution in [3.8, 4) is 0 Å². The van der Waals surface area contributed by atoms with Gasteiger partial charge in [-0.1, -0.05) is 0 Å². The SMILES string of the molecule is CCNC(=NCCCC(=O)OC1CCCC1)NCCC(F)(F)F.I. The molecule has 1 aliphatic rings. The first kappa shape index (κ1) is 23.3. The minimum atomic E-state index is -4.19. The molecule has 1 rings (SSSR count). The largest absolute Gasteiger partial charge is 0.462 e. The molecule has 0 aromatic carbocycles. The first-order chi connectivity index (χ1) is 10.9. The normalized spacial score (nSPS) is 15.8. The summed E-state index contributed by atoms with van der Waals surface area (Å²) in [6.45, 7) is 2.53. The molecule has 142 valence electrons. The summed E-state index contributed by atoms with van der Waals surface area (Å²) in [7, 11) is 0. The summed E-state index contributed by atoms with van der Waals surface area (Å²) in [5.41, 5.74) is 0. The number of aliphatic imine (C=N–C) groups is 1. The van der Waals surface area contributed by atoms with Gasteiger partial charge in [-0.3, -0.25) is 9.79 Å². The Bertz CT molecular complexity index is 387. The molecule has 0 aliphatic heterocycles. The molecule has 24 heavy (non-hydrogen) atoms. The maximum absolute atomic E-state index is 12.1. The van der Waals surface area contributed by atoms with Crippen molar-refractivity contribution >= 4 is 35.9 Å². The number of esters is 1. The van der Waals surface area contributed by atoms with Crippen LogP contribution in [0.5, 0.6) is 0 Å². The molecule has 0 bridgehead atoms. The molecule has 0 heterocycles. The van der Waals surface area contributed by atoms with E-state index in [1.807, 2.05) is 6.92 Å². The number of ether oxygens (including phenoxy) is 1. The van der Waals surface area contributed by atoms with E-state index in [0.29, 0.717) is 25.5 Å². The Kier molecular flexibility index (Phi) is 12.2. The number of halogens is 4.